The van der Waals surface area contributed by atoms with E-state index in [9.17, 15) is 14.0 Å². The molecule has 0 bridgehead atoms. The monoisotopic (exact) mass is 280 g/mol. The summed E-state index contributed by atoms with van der Waals surface area (Å²) >= 11 is 0. The van der Waals surface area contributed by atoms with Gasteiger partial charge in [0.2, 0.25) is 5.91 Å². The minimum absolute atomic E-state index is 0.0556. The lowest BCUT2D eigenvalue weighted by Crippen LogP contribution is -2.45. The highest BCUT2D eigenvalue weighted by Gasteiger charge is 2.17. The van der Waals surface area contributed by atoms with Crippen LogP contribution in [0, 0.1) is 0 Å². The lowest BCUT2D eigenvalue weighted by molar-refractivity contribution is -0.135. The smallest absolute Gasteiger partial charge is 0.251 e. The minimum atomic E-state index is -0.369. The molecule has 5 nitrogen and oxygen atoms in total. The highest BCUT2D eigenvalue weighted by atomic mass is 19.1. The largest absolute Gasteiger partial charge is 0.378 e. The fraction of sp³-hybridized carbons (Fsp3) is 0.429. The fourth-order valence-electron chi connectivity index (χ4n) is 1.95. The second kappa shape index (κ2) is 7.00. The molecule has 0 radical (unpaired) electrons. The van der Waals surface area contributed by atoms with Crippen LogP contribution in [0.3, 0.4) is 0 Å². The van der Waals surface area contributed by atoms with Crippen LogP contribution in [0.4, 0.5) is 4.39 Å². The topological polar surface area (TPSA) is 58.6 Å². The molecule has 20 heavy (non-hydrogen) atoms. The van der Waals surface area contributed by atoms with Gasteiger partial charge in [0, 0.05) is 18.7 Å². The van der Waals surface area contributed by atoms with Crippen molar-refractivity contribution < 1.29 is 18.7 Å². The Bertz CT molecular complexity index is 477. The number of rotatable bonds is 3. The normalized spacial score (nSPS) is 18.9. The Balaban J connectivity index is 1.81. The van der Waals surface area contributed by atoms with Crippen molar-refractivity contribution in [2.45, 2.75) is 6.42 Å². The highest BCUT2D eigenvalue weighted by Crippen LogP contribution is 2.11. The lowest BCUT2D eigenvalue weighted by atomic mass is 10.2. The maximum Gasteiger partial charge on any atom is 0.251 e. The first-order valence-corrected chi connectivity index (χ1v) is 6.54. The van der Waals surface area contributed by atoms with Crippen LogP contribution in [-0.4, -0.2) is 49.6 Å². The van der Waals surface area contributed by atoms with Crippen LogP contribution in [0.5, 0.6) is 0 Å². The van der Waals surface area contributed by atoms with Crippen LogP contribution in [0.25, 0.3) is 0 Å². The van der Waals surface area contributed by atoms with Gasteiger partial charge in [-0.25, -0.2) is 4.39 Å². The van der Waals surface area contributed by atoms with E-state index in [0.717, 1.165) is 0 Å². The molecule has 0 unspecified atom stereocenters. The molecule has 108 valence electrons. The molecule has 1 saturated heterocycles. The molecule has 0 aromatic carbocycles. The summed E-state index contributed by atoms with van der Waals surface area (Å²) in [6, 6.07) is 0. The summed E-state index contributed by atoms with van der Waals surface area (Å²) in [6.07, 6.45) is 6.02. The number of hydrogen-bond acceptors (Lipinski definition) is 3. The first-order valence-electron chi connectivity index (χ1n) is 6.54. The Morgan fingerprint density at radius 2 is 2.00 bits per heavy atom. The van der Waals surface area contributed by atoms with E-state index in [1.165, 1.54) is 18.2 Å². The zero-order chi connectivity index (χ0) is 14.4. The molecular weight excluding hydrogens is 263 g/mol. The van der Waals surface area contributed by atoms with Gasteiger partial charge < -0.3 is 15.0 Å². The highest BCUT2D eigenvalue weighted by molar-refractivity contribution is 5.98. The molecular formula is C14H17FN2O3. The quantitative estimate of drug-likeness (QED) is 0.828. The number of hydrogen-bond donors (Lipinski definition) is 1. The van der Waals surface area contributed by atoms with Gasteiger partial charge in [-0.3, -0.25) is 9.59 Å². The molecule has 1 heterocycles. The number of amides is 2. The average molecular weight is 280 g/mol. The predicted octanol–water partition coefficient (Wildman–Crippen LogP) is 0.701. The number of allylic oxidation sites excluding steroid dienone is 4. The first kappa shape index (κ1) is 14.5. The molecule has 0 aromatic rings. The summed E-state index contributed by atoms with van der Waals surface area (Å²) in [6.45, 7) is 2.09. The van der Waals surface area contributed by atoms with Crippen molar-refractivity contribution in [2.24, 2.45) is 0 Å². The number of nitrogens with zero attached hydrogens (tertiary/aromatic N) is 1. The van der Waals surface area contributed by atoms with Crippen molar-refractivity contribution in [3.63, 3.8) is 0 Å². The van der Waals surface area contributed by atoms with E-state index in [1.54, 1.807) is 11.0 Å². The van der Waals surface area contributed by atoms with Crippen molar-refractivity contribution in [1.29, 1.82) is 0 Å². The number of halogens is 1. The molecule has 1 aliphatic heterocycles. The number of nitrogens with one attached hydrogen (secondary N) is 1. The second-order valence-corrected chi connectivity index (χ2v) is 4.49. The number of carbonyl (C=O) groups is 2. The molecule has 2 aliphatic rings. The van der Waals surface area contributed by atoms with Gasteiger partial charge in [0.05, 0.1) is 19.8 Å². The van der Waals surface area contributed by atoms with Crippen molar-refractivity contribution in [3.05, 3.63) is 35.7 Å². The van der Waals surface area contributed by atoms with E-state index >= 15 is 0 Å². The van der Waals surface area contributed by atoms with Gasteiger partial charge in [-0.1, -0.05) is 6.08 Å². The van der Waals surface area contributed by atoms with Gasteiger partial charge in [-0.05, 0) is 24.6 Å². The second-order valence-electron chi connectivity index (χ2n) is 4.49. The van der Waals surface area contributed by atoms with Crippen molar-refractivity contribution in [2.75, 3.05) is 32.8 Å². The molecule has 6 heteroatoms. The van der Waals surface area contributed by atoms with Crippen molar-refractivity contribution >= 4 is 11.8 Å². The third-order valence-corrected chi connectivity index (χ3v) is 3.10. The van der Waals surface area contributed by atoms with Gasteiger partial charge >= 0.3 is 0 Å². The molecule has 2 amide bonds. The maximum atomic E-state index is 13.0. The van der Waals surface area contributed by atoms with Crippen LogP contribution in [-0.2, 0) is 14.3 Å². The van der Waals surface area contributed by atoms with E-state index < -0.39 is 0 Å². The average Bonchev–Trinajstić information content (AvgIpc) is 2.70. The van der Waals surface area contributed by atoms with Gasteiger partial charge in [0.15, 0.2) is 0 Å². The van der Waals surface area contributed by atoms with Gasteiger partial charge in [-0.15, -0.1) is 0 Å². The molecule has 0 atom stereocenters. The molecule has 1 N–H and O–H groups in total. The molecule has 0 spiro atoms. The third kappa shape index (κ3) is 4.03. The Morgan fingerprint density at radius 3 is 2.75 bits per heavy atom. The summed E-state index contributed by atoms with van der Waals surface area (Å²) in [4.78, 5) is 25.4. The maximum absolute atomic E-state index is 13.0. The summed E-state index contributed by atoms with van der Waals surface area (Å²) < 4.78 is 18.1. The fourth-order valence-corrected chi connectivity index (χ4v) is 1.95. The van der Waals surface area contributed by atoms with Crippen LogP contribution in [0.15, 0.2) is 35.7 Å². The van der Waals surface area contributed by atoms with Gasteiger partial charge in [-0.2, -0.15) is 0 Å². The zero-order valence-corrected chi connectivity index (χ0v) is 11.1. The number of carbonyl (C=O) groups excluding carboxylic acids is 2. The van der Waals surface area contributed by atoms with Crippen molar-refractivity contribution in [1.82, 2.24) is 10.2 Å². The van der Waals surface area contributed by atoms with E-state index in [2.05, 4.69) is 5.32 Å². The van der Waals surface area contributed by atoms with E-state index in [4.69, 9.17) is 4.74 Å². The molecule has 2 rings (SSSR count). The Kier molecular flexibility index (Phi) is 5.06. The summed E-state index contributed by atoms with van der Waals surface area (Å²) in [5.74, 6) is -0.872. The van der Waals surface area contributed by atoms with Gasteiger partial charge in [0.25, 0.3) is 5.91 Å². The summed E-state index contributed by atoms with van der Waals surface area (Å²) in [5, 5.41) is 2.56. The number of ether oxygens (including phenoxy) is 1. The molecule has 1 fully saturated rings. The van der Waals surface area contributed by atoms with Crippen molar-refractivity contribution in [3.8, 4) is 0 Å². The standard InChI is InChI=1S/C14H17FN2O3/c15-12-3-1-2-11(4-5-12)14(19)16-10-13(18)17-6-8-20-9-7-17/h2-5H,1,6-10H2,(H,16,19). The molecule has 0 saturated carbocycles. The lowest BCUT2D eigenvalue weighted by Gasteiger charge is -2.26. The van der Waals surface area contributed by atoms with Crippen LogP contribution in [0.1, 0.15) is 6.42 Å². The summed E-state index contributed by atoms with van der Waals surface area (Å²) in [7, 11) is 0. The molecule has 1 aliphatic carbocycles. The minimum Gasteiger partial charge on any atom is -0.378 e. The van der Waals surface area contributed by atoms with E-state index in [-0.39, 0.29) is 24.2 Å². The Hall–Kier alpha value is -1.95. The third-order valence-electron chi connectivity index (χ3n) is 3.10. The zero-order valence-electron chi connectivity index (χ0n) is 11.1. The van der Waals surface area contributed by atoms with Crippen LogP contribution >= 0.6 is 0 Å². The van der Waals surface area contributed by atoms with Crippen LogP contribution in [0.2, 0.25) is 0 Å². The van der Waals surface area contributed by atoms with Crippen LogP contribution < -0.4 is 5.32 Å². The SMILES string of the molecule is O=C(NCC(=O)N1CCOCC1)C1=CCC=C(F)C=C1. The Labute approximate surface area is 116 Å². The number of morpholine rings is 1. The Morgan fingerprint density at radius 1 is 1.25 bits per heavy atom. The molecule has 0 aromatic heterocycles. The first-order chi connectivity index (χ1) is 9.66. The summed E-state index contributed by atoms with van der Waals surface area (Å²) in [5.41, 5.74) is 0.365. The predicted molar refractivity (Wildman–Crippen MR) is 71.4 cm³/mol. The van der Waals surface area contributed by atoms with E-state index in [1.807, 2.05) is 0 Å². The van der Waals surface area contributed by atoms with Gasteiger partial charge in [0.1, 0.15) is 5.83 Å². The van der Waals surface area contributed by atoms with E-state index in [0.29, 0.717) is 38.3 Å².